The van der Waals surface area contributed by atoms with Crippen LogP contribution in [0.2, 0.25) is 0 Å². The van der Waals surface area contributed by atoms with E-state index in [0.717, 1.165) is 25.4 Å². The van der Waals surface area contributed by atoms with Crippen LogP contribution in [0, 0.1) is 11.8 Å². The minimum absolute atomic E-state index is 0.694. The highest BCUT2D eigenvalue weighted by Crippen LogP contribution is 2.14. The van der Waals surface area contributed by atoms with Crippen molar-refractivity contribution in [3.63, 3.8) is 0 Å². The van der Waals surface area contributed by atoms with Crippen molar-refractivity contribution >= 4 is 0 Å². The highest BCUT2D eigenvalue weighted by atomic mass is 15.1. The summed E-state index contributed by atoms with van der Waals surface area (Å²) in [5.74, 6) is 2.75. The lowest BCUT2D eigenvalue weighted by Crippen LogP contribution is -2.15. The van der Waals surface area contributed by atoms with Crippen molar-refractivity contribution < 1.29 is 0 Å². The maximum Gasteiger partial charge on any atom is 0.108 e. The van der Waals surface area contributed by atoms with Crippen molar-refractivity contribution in [1.29, 1.82) is 0 Å². The molecule has 1 fully saturated rings. The number of imidazole rings is 1. The minimum atomic E-state index is 0.694. The van der Waals surface area contributed by atoms with Crippen LogP contribution in [-0.4, -0.2) is 22.6 Å². The maximum absolute atomic E-state index is 4.47. The molecule has 0 aliphatic carbocycles. The summed E-state index contributed by atoms with van der Waals surface area (Å²) in [6, 6.07) is 0. The largest absolute Gasteiger partial charge is 0.335 e. The Morgan fingerprint density at radius 1 is 1.60 bits per heavy atom. The molecule has 1 aromatic heterocycles. The molecular weight excluding hydrogens is 186 g/mol. The van der Waals surface area contributed by atoms with Crippen molar-refractivity contribution in [2.75, 3.05) is 13.1 Å². The molecule has 0 radical (unpaired) electrons. The van der Waals surface area contributed by atoms with E-state index in [-0.39, 0.29) is 0 Å². The summed E-state index contributed by atoms with van der Waals surface area (Å²) in [6.07, 6.45) is 6.47. The minimum Gasteiger partial charge on any atom is -0.335 e. The Morgan fingerprint density at radius 2 is 2.47 bits per heavy atom. The lowest BCUT2D eigenvalue weighted by molar-refractivity contribution is 0.480. The summed E-state index contributed by atoms with van der Waals surface area (Å²) >= 11 is 0. The molecule has 2 heterocycles. The Kier molecular flexibility index (Phi) is 3.41. The normalized spacial score (nSPS) is 21.4. The maximum atomic E-state index is 4.47. The van der Waals surface area contributed by atoms with Crippen LogP contribution in [0.5, 0.6) is 0 Å². The van der Waals surface area contributed by atoms with Crippen molar-refractivity contribution in [2.45, 2.75) is 33.2 Å². The predicted molar refractivity (Wildman–Crippen MR) is 61.7 cm³/mol. The van der Waals surface area contributed by atoms with Crippen LogP contribution >= 0.6 is 0 Å². The molecule has 1 aliphatic heterocycles. The fraction of sp³-hybridized carbons (Fsp3) is 0.750. The van der Waals surface area contributed by atoms with E-state index in [1.807, 2.05) is 6.20 Å². The van der Waals surface area contributed by atoms with E-state index in [1.165, 1.54) is 18.8 Å². The number of hydrogen-bond donors (Lipinski definition) is 1. The number of nitrogens with zero attached hydrogens (tertiary/aromatic N) is 2. The zero-order valence-electron chi connectivity index (χ0n) is 9.74. The second kappa shape index (κ2) is 4.79. The fourth-order valence-corrected chi connectivity index (χ4v) is 2.24. The molecule has 1 aromatic rings. The average molecular weight is 207 g/mol. The van der Waals surface area contributed by atoms with E-state index in [9.17, 15) is 0 Å². The van der Waals surface area contributed by atoms with E-state index in [1.54, 1.807) is 0 Å². The van der Waals surface area contributed by atoms with Crippen LogP contribution in [0.4, 0.5) is 0 Å². The standard InChI is InChI=1S/C12H21N3/c1-10(2)9-15-6-5-14-12(15)7-11-3-4-13-8-11/h5-6,10-11,13H,3-4,7-9H2,1-2H3. The van der Waals surface area contributed by atoms with Crippen molar-refractivity contribution in [2.24, 2.45) is 11.8 Å². The van der Waals surface area contributed by atoms with Gasteiger partial charge in [0.1, 0.15) is 5.82 Å². The monoisotopic (exact) mass is 207 g/mol. The smallest absolute Gasteiger partial charge is 0.108 e. The molecule has 0 saturated carbocycles. The van der Waals surface area contributed by atoms with Gasteiger partial charge in [-0.25, -0.2) is 4.98 Å². The van der Waals surface area contributed by atoms with Gasteiger partial charge in [0.2, 0.25) is 0 Å². The molecule has 3 heteroatoms. The van der Waals surface area contributed by atoms with Gasteiger partial charge in [0, 0.05) is 25.4 Å². The summed E-state index contributed by atoms with van der Waals surface area (Å²) in [5, 5.41) is 3.41. The second-order valence-corrected chi connectivity index (χ2v) is 4.95. The Morgan fingerprint density at radius 3 is 3.13 bits per heavy atom. The van der Waals surface area contributed by atoms with Gasteiger partial charge in [0.15, 0.2) is 0 Å². The number of nitrogens with one attached hydrogen (secondary N) is 1. The summed E-state index contributed by atoms with van der Waals surface area (Å²) < 4.78 is 2.31. The third-order valence-electron chi connectivity index (χ3n) is 3.00. The molecular formula is C12H21N3. The number of rotatable bonds is 4. The van der Waals surface area contributed by atoms with Crippen molar-refractivity contribution in [3.05, 3.63) is 18.2 Å². The molecule has 1 saturated heterocycles. The molecule has 0 aromatic carbocycles. The number of aromatic nitrogens is 2. The van der Waals surface area contributed by atoms with Crippen LogP contribution in [0.15, 0.2) is 12.4 Å². The van der Waals surface area contributed by atoms with Crippen LogP contribution in [0.3, 0.4) is 0 Å². The molecule has 15 heavy (non-hydrogen) atoms. The van der Waals surface area contributed by atoms with Crippen molar-refractivity contribution in [3.8, 4) is 0 Å². The highest BCUT2D eigenvalue weighted by molar-refractivity contribution is 4.95. The lowest BCUT2D eigenvalue weighted by Gasteiger charge is -2.12. The second-order valence-electron chi connectivity index (χ2n) is 4.95. The quantitative estimate of drug-likeness (QED) is 0.814. The predicted octanol–water partition coefficient (Wildman–Crippen LogP) is 1.69. The van der Waals surface area contributed by atoms with Gasteiger partial charge in [-0.15, -0.1) is 0 Å². The molecule has 1 N–H and O–H groups in total. The van der Waals surface area contributed by atoms with Crippen LogP contribution < -0.4 is 5.32 Å². The molecule has 0 amide bonds. The molecule has 0 bridgehead atoms. The van der Waals surface area contributed by atoms with Gasteiger partial charge in [0.05, 0.1) is 0 Å². The first-order valence-electron chi connectivity index (χ1n) is 5.96. The van der Waals surface area contributed by atoms with Gasteiger partial charge in [0.25, 0.3) is 0 Å². The molecule has 3 nitrogen and oxygen atoms in total. The van der Waals surface area contributed by atoms with Gasteiger partial charge < -0.3 is 9.88 Å². The first kappa shape index (κ1) is 10.7. The Balaban J connectivity index is 1.97. The lowest BCUT2D eigenvalue weighted by atomic mass is 10.0. The highest BCUT2D eigenvalue weighted by Gasteiger charge is 2.17. The first-order valence-corrected chi connectivity index (χ1v) is 5.96. The van der Waals surface area contributed by atoms with Gasteiger partial charge in [-0.2, -0.15) is 0 Å². The molecule has 1 unspecified atom stereocenters. The molecule has 1 aliphatic rings. The fourth-order valence-electron chi connectivity index (χ4n) is 2.24. The Labute approximate surface area is 91.9 Å². The molecule has 2 rings (SSSR count). The number of hydrogen-bond acceptors (Lipinski definition) is 2. The van der Waals surface area contributed by atoms with E-state index < -0.39 is 0 Å². The van der Waals surface area contributed by atoms with E-state index in [4.69, 9.17) is 0 Å². The van der Waals surface area contributed by atoms with Gasteiger partial charge in [-0.3, -0.25) is 0 Å². The van der Waals surface area contributed by atoms with Crippen LogP contribution in [0.25, 0.3) is 0 Å². The topological polar surface area (TPSA) is 29.9 Å². The van der Waals surface area contributed by atoms with Crippen LogP contribution in [0.1, 0.15) is 26.1 Å². The average Bonchev–Trinajstić information content (AvgIpc) is 2.78. The molecule has 84 valence electrons. The Bertz CT molecular complexity index is 298. The summed E-state index contributed by atoms with van der Waals surface area (Å²) in [7, 11) is 0. The molecule has 0 spiro atoms. The third kappa shape index (κ3) is 2.81. The van der Waals surface area contributed by atoms with Crippen molar-refractivity contribution in [1.82, 2.24) is 14.9 Å². The zero-order valence-corrected chi connectivity index (χ0v) is 9.74. The summed E-state index contributed by atoms with van der Waals surface area (Å²) in [5.41, 5.74) is 0. The van der Waals surface area contributed by atoms with Gasteiger partial charge in [-0.1, -0.05) is 13.8 Å². The van der Waals surface area contributed by atoms with Crippen LogP contribution in [-0.2, 0) is 13.0 Å². The van der Waals surface area contributed by atoms with E-state index in [2.05, 4.69) is 34.9 Å². The van der Waals surface area contributed by atoms with E-state index >= 15 is 0 Å². The zero-order chi connectivity index (χ0) is 10.7. The Hall–Kier alpha value is -0.830. The van der Waals surface area contributed by atoms with Gasteiger partial charge in [-0.05, 0) is 31.3 Å². The SMILES string of the molecule is CC(C)Cn1ccnc1CC1CCNC1. The first-order chi connectivity index (χ1) is 7.25. The summed E-state index contributed by atoms with van der Waals surface area (Å²) in [6.45, 7) is 7.93. The summed E-state index contributed by atoms with van der Waals surface area (Å²) in [4.78, 5) is 4.47. The molecule has 1 atom stereocenters. The van der Waals surface area contributed by atoms with E-state index in [0.29, 0.717) is 5.92 Å². The third-order valence-corrected chi connectivity index (χ3v) is 3.00. The van der Waals surface area contributed by atoms with Gasteiger partial charge >= 0.3 is 0 Å².